The van der Waals surface area contributed by atoms with E-state index in [0.717, 1.165) is 42.0 Å². The summed E-state index contributed by atoms with van der Waals surface area (Å²) in [6.07, 6.45) is 4.08. The number of aliphatic imine (C=N–C) groups is 1. The predicted molar refractivity (Wildman–Crippen MR) is 120 cm³/mol. The number of guanidine groups is 1. The van der Waals surface area contributed by atoms with E-state index >= 15 is 0 Å². The zero-order valence-electron chi connectivity index (χ0n) is 17.5. The van der Waals surface area contributed by atoms with E-state index in [-0.39, 0.29) is 5.91 Å². The number of aryl methyl sites for hydroxylation is 2. The standard InChI is InChI=1S/C25H27N3O2/c1-19-9-6-12-21(17-19)28-24(29)23(18-20-10-4-3-5-11-20)26-25(28)27(2)15-7-13-22-14-8-16-30-22/h3-6,8-12,14,16-17,23H,7,13,15,18H2,1-2H3. The molecule has 0 spiro atoms. The van der Waals surface area contributed by atoms with Crippen LogP contribution in [0.3, 0.4) is 0 Å². The molecule has 0 saturated heterocycles. The topological polar surface area (TPSA) is 49.1 Å². The highest BCUT2D eigenvalue weighted by Crippen LogP contribution is 2.25. The summed E-state index contributed by atoms with van der Waals surface area (Å²) in [7, 11) is 2.00. The Kier molecular flexibility index (Phi) is 5.98. The molecule has 0 saturated carbocycles. The normalized spacial score (nSPS) is 16.1. The maximum atomic E-state index is 13.4. The fourth-order valence-electron chi connectivity index (χ4n) is 3.79. The van der Waals surface area contributed by atoms with Gasteiger partial charge in [-0.3, -0.25) is 4.79 Å². The molecule has 1 aromatic heterocycles. The summed E-state index contributed by atoms with van der Waals surface area (Å²) < 4.78 is 5.43. The molecule has 2 aromatic carbocycles. The van der Waals surface area contributed by atoms with Crippen LogP contribution in [-0.2, 0) is 17.6 Å². The van der Waals surface area contributed by atoms with Crippen LogP contribution < -0.4 is 4.90 Å². The molecule has 0 fully saturated rings. The smallest absolute Gasteiger partial charge is 0.259 e. The molecule has 0 radical (unpaired) electrons. The molecule has 0 aliphatic carbocycles. The van der Waals surface area contributed by atoms with Crippen LogP contribution in [0.4, 0.5) is 5.69 Å². The van der Waals surface area contributed by atoms with Crippen LogP contribution in [-0.4, -0.2) is 36.4 Å². The highest BCUT2D eigenvalue weighted by molar-refractivity contribution is 6.22. The van der Waals surface area contributed by atoms with E-state index in [1.165, 1.54) is 0 Å². The summed E-state index contributed by atoms with van der Waals surface area (Å²) in [4.78, 5) is 22.1. The van der Waals surface area contributed by atoms with Gasteiger partial charge >= 0.3 is 0 Å². The van der Waals surface area contributed by atoms with Crippen LogP contribution in [0.2, 0.25) is 0 Å². The lowest BCUT2D eigenvalue weighted by atomic mass is 10.1. The van der Waals surface area contributed by atoms with Crippen molar-refractivity contribution in [3.05, 3.63) is 89.9 Å². The summed E-state index contributed by atoms with van der Waals surface area (Å²) in [6, 6.07) is 21.6. The van der Waals surface area contributed by atoms with Gasteiger partial charge < -0.3 is 9.32 Å². The molecule has 1 aliphatic heterocycles. The number of rotatable bonds is 7. The van der Waals surface area contributed by atoms with Crippen molar-refractivity contribution < 1.29 is 9.21 Å². The van der Waals surface area contributed by atoms with Gasteiger partial charge in [0.15, 0.2) is 0 Å². The van der Waals surface area contributed by atoms with Gasteiger partial charge in [0.05, 0.1) is 12.0 Å². The molecule has 4 rings (SSSR count). The Labute approximate surface area is 177 Å². The molecule has 2 heterocycles. The third kappa shape index (κ3) is 4.46. The molecule has 1 unspecified atom stereocenters. The predicted octanol–water partition coefficient (Wildman–Crippen LogP) is 4.47. The number of anilines is 1. The molecular weight excluding hydrogens is 374 g/mol. The number of amides is 1. The van der Waals surface area contributed by atoms with Gasteiger partial charge in [-0.2, -0.15) is 0 Å². The van der Waals surface area contributed by atoms with Crippen molar-refractivity contribution in [2.45, 2.75) is 32.2 Å². The molecule has 0 bridgehead atoms. The molecule has 1 atom stereocenters. The second kappa shape index (κ2) is 8.99. The first-order valence-electron chi connectivity index (χ1n) is 10.4. The minimum Gasteiger partial charge on any atom is -0.469 e. The quantitative estimate of drug-likeness (QED) is 0.587. The van der Waals surface area contributed by atoms with Crippen molar-refractivity contribution >= 4 is 17.6 Å². The Morgan fingerprint density at radius 1 is 1.07 bits per heavy atom. The number of carbonyl (C=O) groups excluding carboxylic acids is 1. The van der Waals surface area contributed by atoms with Crippen LogP contribution in [0, 0.1) is 6.92 Å². The van der Waals surface area contributed by atoms with Crippen LogP contribution in [0.1, 0.15) is 23.3 Å². The molecule has 5 nitrogen and oxygen atoms in total. The first-order chi connectivity index (χ1) is 14.6. The van der Waals surface area contributed by atoms with E-state index in [2.05, 4.69) is 4.90 Å². The zero-order valence-corrected chi connectivity index (χ0v) is 17.5. The highest BCUT2D eigenvalue weighted by Gasteiger charge is 2.37. The van der Waals surface area contributed by atoms with Gasteiger partial charge in [-0.15, -0.1) is 0 Å². The van der Waals surface area contributed by atoms with Crippen LogP contribution in [0.25, 0.3) is 0 Å². The number of carbonyl (C=O) groups is 1. The first-order valence-corrected chi connectivity index (χ1v) is 10.4. The van der Waals surface area contributed by atoms with Crippen LogP contribution >= 0.6 is 0 Å². The minimum atomic E-state index is -0.407. The fourth-order valence-corrected chi connectivity index (χ4v) is 3.79. The molecule has 1 aliphatic rings. The van der Waals surface area contributed by atoms with Gasteiger partial charge in [0.2, 0.25) is 5.96 Å². The SMILES string of the molecule is Cc1cccc(N2C(=O)C(Cc3ccccc3)N=C2N(C)CCCc2ccco2)c1. The van der Waals surface area contributed by atoms with E-state index < -0.39 is 6.04 Å². The van der Waals surface area contributed by atoms with Crippen molar-refractivity contribution in [2.24, 2.45) is 4.99 Å². The van der Waals surface area contributed by atoms with Crippen molar-refractivity contribution in [3.63, 3.8) is 0 Å². The summed E-state index contributed by atoms with van der Waals surface area (Å²) in [6.45, 7) is 2.82. The largest absolute Gasteiger partial charge is 0.469 e. The highest BCUT2D eigenvalue weighted by atomic mass is 16.3. The number of nitrogens with zero attached hydrogens (tertiary/aromatic N) is 3. The Hall–Kier alpha value is -3.34. The Balaban J connectivity index is 1.55. The second-order valence-electron chi connectivity index (χ2n) is 7.75. The van der Waals surface area contributed by atoms with E-state index in [4.69, 9.17) is 9.41 Å². The molecule has 30 heavy (non-hydrogen) atoms. The van der Waals surface area contributed by atoms with E-state index in [1.807, 2.05) is 80.7 Å². The molecule has 3 aromatic rings. The average molecular weight is 402 g/mol. The van der Waals surface area contributed by atoms with Gasteiger partial charge in [-0.25, -0.2) is 9.89 Å². The first kappa shape index (κ1) is 20.0. The van der Waals surface area contributed by atoms with Gasteiger partial charge in [0.1, 0.15) is 11.8 Å². The number of benzene rings is 2. The summed E-state index contributed by atoms with van der Waals surface area (Å²) >= 11 is 0. The molecular formula is C25H27N3O2. The van der Waals surface area contributed by atoms with Crippen molar-refractivity contribution in [2.75, 3.05) is 18.5 Å². The maximum absolute atomic E-state index is 13.4. The van der Waals surface area contributed by atoms with Gasteiger partial charge in [-0.05, 0) is 48.7 Å². The van der Waals surface area contributed by atoms with Gasteiger partial charge in [-0.1, -0.05) is 42.5 Å². The lowest BCUT2D eigenvalue weighted by molar-refractivity contribution is -0.118. The summed E-state index contributed by atoms with van der Waals surface area (Å²) in [5.74, 6) is 1.72. The maximum Gasteiger partial charge on any atom is 0.259 e. The van der Waals surface area contributed by atoms with Crippen molar-refractivity contribution in [1.29, 1.82) is 0 Å². The average Bonchev–Trinajstić information content (AvgIpc) is 3.37. The lowest BCUT2D eigenvalue weighted by Gasteiger charge is -2.26. The lowest BCUT2D eigenvalue weighted by Crippen LogP contribution is -2.43. The van der Waals surface area contributed by atoms with E-state index in [9.17, 15) is 4.79 Å². The molecule has 5 heteroatoms. The van der Waals surface area contributed by atoms with Crippen LogP contribution in [0.15, 0.2) is 82.4 Å². The number of hydrogen-bond acceptors (Lipinski definition) is 4. The summed E-state index contributed by atoms with van der Waals surface area (Å²) in [5.41, 5.74) is 3.10. The number of furan rings is 1. The van der Waals surface area contributed by atoms with Crippen LogP contribution in [0.5, 0.6) is 0 Å². The van der Waals surface area contributed by atoms with Crippen molar-refractivity contribution in [1.82, 2.24) is 4.90 Å². The monoisotopic (exact) mass is 401 g/mol. The zero-order chi connectivity index (χ0) is 20.9. The van der Waals surface area contributed by atoms with Gasteiger partial charge in [0, 0.05) is 26.4 Å². The van der Waals surface area contributed by atoms with E-state index in [1.54, 1.807) is 11.2 Å². The third-order valence-electron chi connectivity index (χ3n) is 5.35. The van der Waals surface area contributed by atoms with E-state index in [0.29, 0.717) is 12.4 Å². The van der Waals surface area contributed by atoms with Crippen molar-refractivity contribution in [3.8, 4) is 0 Å². The Morgan fingerprint density at radius 2 is 1.90 bits per heavy atom. The Morgan fingerprint density at radius 3 is 2.63 bits per heavy atom. The molecule has 154 valence electrons. The van der Waals surface area contributed by atoms with Gasteiger partial charge in [0.25, 0.3) is 5.91 Å². The minimum absolute atomic E-state index is 0.0253. The number of hydrogen-bond donors (Lipinski definition) is 0. The molecule has 0 N–H and O–H groups in total. The summed E-state index contributed by atoms with van der Waals surface area (Å²) in [5, 5.41) is 0. The third-order valence-corrected chi connectivity index (χ3v) is 5.35. The second-order valence-corrected chi connectivity index (χ2v) is 7.75. The fraction of sp³-hybridized carbons (Fsp3) is 0.280. The Bertz CT molecular complexity index is 1010. The molecule has 1 amide bonds.